The molecule has 0 bridgehead atoms. The molecule has 0 atom stereocenters. The second-order valence-corrected chi connectivity index (χ2v) is 6.84. The zero-order valence-corrected chi connectivity index (χ0v) is 13.1. The van der Waals surface area contributed by atoms with Crippen LogP contribution >= 0.6 is 27.7 Å². The van der Waals surface area contributed by atoms with Gasteiger partial charge in [0, 0.05) is 23.4 Å². The fourth-order valence-corrected chi connectivity index (χ4v) is 4.03. The van der Waals surface area contributed by atoms with Gasteiger partial charge in [-0.05, 0) is 24.5 Å². The van der Waals surface area contributed by atoms with E-state index in [9.17, 15) is 0 Å². The van der Waals surface area contributed by atoms with E-state index in [0.717, 1.165) is 48.0 Å². The number of hydrogen-bond donors (Lipinski definition) is 1. The van der Waals surface area contributed by atoms with E-state index in [1.165, 1.54) is 5.56 Å². The molecule has 2 fully saturated rings. The molecule has 0 amide bonds. The number of rotatable bonds is 2. The molecule has 1 spiro atoms. The first-order chi connectivity index (χ1) is 9.27. The van der Waals surface area contributed by atoms with Crippen LogP contribution in [0, 0.1) is 0 Å². The molecule has 1 N–H and O–H groups in total. The molecule has 5 heteroatoms. The summed E-state index contributed by atoms with van der Waals surface area (Å²) >= 11 is 5.40. The predicted molar refractivity (Wildman–Crippen MR) is 83.7 cm³/mol. The quantitative estimate of drug-likeness (QED) is 0.897. The maximum atomic E-state index is 5.44. The molecule has 0 aromatic heterocycles. The van der Waals surface area contributed by atoms with Gasteiger partial charge in [-0.1, -0.05) is 45.9 Å². The van der Waals surface area contributed by atoms with E-state index >= 15 is 0 Å². The van der Waals surface area contributed by atoms with Crippen LogP contribution in [-0.4, -0.2) is 29.7 Å². The van der Waals surface area contributed by atoms with E-state index in [1.54, 1.807) is 0 Å². The van der Waals surface area contributed by atoms with Gasteiger partial charge >= 0.3 is 0 Å². The summed E-state index contributed by atoms with van der Waals surface area (Å²) in [4.78, 5) is 4.70. The predicted octanol–water partition coefficient (Wildman–Crippen LogP) is 3.19. The number of halogens is 1. The number of benzene rings is 1. The fourth-order valence-electron chi connectivity index (χ4n) is 2.41. The number of amidine groups is 1. The first-order valence-corrected chi connectivity index (χ1v) is 8.32. The zero-order chi connectivity index (χ0) is 13.1. The zero-order valence-electron chi connectivity index (χ0n) is 10.7. The van der Waals surface area contributed by atoms with Gasteiger partial charge in [-0.15, -0.1) is 0 Å². The summed E-state index contributed by atoms with van der Waals surface area (Å²) in [5.74, 6) is 1.12. The molecule has 2 aliphatic rings. The van der Waals surface area contributed by atoms with Crippen LogP contribution in [-0.2, 0) is 11.3 Å². The van der Waals surface area contributed by atoms with Gasteiger partial charge in [0.15, 0.2) is 5.17 Å². The molecule has 2 aliphatic heterocycles. The van der Waals surface area contributed by atoms with E-state index in [-0.39, 0.29) is 5.54 Å². The van der Waals surface area contributed by atoms with Crippen molar-refractivity contribution in [3.63, 3.8) is 0 Å². The standard InChI is InChI=1S/C14H17BrN2OS/c15-12-4-2-1-3-11(12)9-16-13-17-14(10-19-13)5-7-18-8-6-14/h1-4H,5-10H2,(H,16,17). The monoisotopic (exact) mass is 340 g/mol. The third kappa shape index (κ3) is 3.15. The van der Waals surface area contributed by atoms with Crippen LogP contribution in [0.1, 0.15) is 18.4 Å². The molecule has 3 rings (SSSR count). The number of aliphatic imine (C=N–C) groups is 1. The molecule has 0 saturated carbocycles. The third-order valence-electron chi connectivity index (χ3n) is 3.66. The lowest BCUT2D eigenvalue weighted by molar-refractivity contribution is 0.0555. The highest BCUT2D eigenvalue weighted by molar-refractivity contribution is 9.10. The summed E-state index contributed by atoms with van der Waals surface area (Å²) in [6, 6.07) is 8.25. The molecule has 0 radical (unpaired) electrons. The van der Waals surface area contributed by atoms with Gasteiger partial charge in [-0.3, -0.25) is 4.99 Å². The van der Waals surface area contributed by atoms with Crippen LogP contribution < -0.4 is 5.32 Å². The highest BCUT2D eigenvalue weighted by atomic mass is 79.9. The maximum Gasteiger partial charge on any atom is 0.157 e. The summed E-state index contributed by atoms with van der Waals surface area (Å²) < 4.78 is 6.57. The van der Waals surface area contributed by atoms with Crippen LogP contribution in [0.3, 0.4) is 0 Å². The average Bonchev–Trinajstić information content (AvgIpc) is 2.82. The van der Waals surface area contributed by atoms with Gasteiger partial charge in [0.2, 0.25) is 0 Å². The van der Waals surface area contributed by atoms with Gasteiger partial charge in [-0.2, -0.15) is 0 Å². The number of thioether (sulfide) groups is 1. The van der Waals surface area contributed by atoms with Gasteiger partial charge < -0.3 is 10.1 Å². The molecule has 0 aliphatic carbocycles. The summed E-state index contributed by atoms with van der Waals surface area (Å²) in [7, 11) is 0. The number of nitrogens with one attached hydrogen (secondary N) is 1. The Kier molecular flexibility index (Phi) is 4.15. The van der Waals surface area contributed by atoms with Gasteiger partial charge in [-0.25, -0.2) is 0 Å². The summed E-state index contributed by atoms with van der Waals surface area (Å²) in [6.45, 7) is 2.46. The number of ether oxygens (including phenoxy) is 1. The normalized spacial score (nSPS) is 23.7. The maximum absolute atomic E-state index is 5.44. The van der Waals surface area contributed by atoms with Gasteiger partial charge in [0.1, 0.15) is 0 Å². The summed E-state index contributed by atoms with van der Waals surface area (Å²) in [5.41, 5.74) is 1.46. The highest BCUT2D eigenvalue weighted by Gasteiger charge is 2.38. The van der Waals surface area contributed by atoms with Crippen molar-refractivity contribution in [1.82, 2.24) is 5.32 Å². The number of hydrogen-bond acceptors (Lipinski definition) is 3. The second kappa shape index (κ2) is 5.85. The lowest BCUT2D eigenvalue weighted by Gasteiger charge is -2.32. The molecule has 0 unspecified atom stereocenters. The molecule has 1 aromatic rings. The summed E-state index contributed by atoms with van der Waals surface area (Å²) in [6.07, 6.45) is 2.18. The van der Waals surface area contributed by atoms with Crippen molar-refractivity contribution in [2.24, 2.45) is 4.99 Å². The van der Waals surface area contributed by atoms with Crippen molar-refractivity contribution in [2.45, 2.75) is 24.9 Å². The second-order valence-electron chi connectivity index (χ2n) is 5.02. The van der Waals surface area contributed by atoms with Crippen molar-refractivity contribution in [3.8, 4) is 0 Å². The van der Waals surface area contributed by atoms with Crippen molar-refractivity contribution >= 4 is 32.9 Å². The minimum absolute atomic E-state index is 0.232. The van der Waals surface area contributed by atoms with E-state index in [0.29, 0.717) is 0 Å². The molecule has 2 saturated heterocycles. The molecular formula is C14H17BrN2OS. The molecule has 1 aromatic carbocycles. The van der Waals surface area contributed by atoms with Crippen molar-refractivity contribution in [2.75, 3.05) is 19.0 Å². The molecular weight excluding hydrogens is 324 g/mol. The smallest absolute Gasteiger partial charge is 0.157 e. The van der Waals surface area contributed by atoms with E-state index in [1.807, 2.05) is 17.8 Å². The average molecular weight is 341 g/mol. The lowest BCUT2D eigenvalue weighted by Crippen LogP contribution is -2.48. The van der Waals surface area contributed by atoms with Crippen LogP contribution in [0.15, 0.2) is 33.7 Å². The van der Waals surface area contributed by atoms with Crippen molar-refractivity contribution < 1.29 is 4.74 Å². The van der Waals surface area contributed by atoms with Crippen molar-refractivity contribution in [1.29, 1.82) is 0 Å². The van der Waals surface area contributed by atoms with Crippen molar-refractivity contribution in [3.05, 3.63) is 34.3 Å². The van der Waals surface area contributed by atoms with Gasteiger partial charge in [0.05, 0.1) is 12.1 Å². The SMILES string of the molecule is Brc1ccccc1CN=C1NC2(CCOCC2)CS1. The van der Waals surface area contributed by atoms with E-state index in [2.05, 4.69) is 39.4 Å². The molecule has 3 nitrogen and oxygen atoms in total. The minimum atomic E-state index is 0.232. The number of nitrogens with zero attached hydrogens (tertiary/aromatic N) is 1. The topological polar surface area (TPSA) is 33.6 Å². The minimum Gasteiger partial charge on any atom is -0.381 e. The van der Waals surface area contributed by atoms with E-state index in [4.69, 9.17) is 9.73 Å². The van der Waals surface area contributed by atoms with Gasteiger partial charge in [0.25, 0.3) is 0 Å². The third-order valence-corrected chi connectivity index (χ3v) is 5.63. The van der Waals surface area contributed by atoms with Crippen LogP contribution in [0.2, 0.25) is 0 Å². The Morgan fingerprint density at radius 3 is 2.89 bits per heavy atom. The Hall–Kier alpha value is -0.520. The Bertz CT molecular complexity index is 486. The molecule has 19 heavy (non-hydrogen) atoms. The Balaban J connectivity index is 1.64. The summed E-state index contributed by atoms with van der Waals surface area (Å²) in [5, 5.41) is 4.69. The lowest BCUT2D eigenvalue weighted by atomic mass is 9.93. The first kappa shape index (κ1) is 13.5. The van der Waals surface area contributed by atoms with Crippen LogP contribution in [0.25, 0.3) is 0 Å². The Labute approximate surface area is 126 Å². The van der Waals surface area contributed by atoms with Crippen LogP contribution in [0.4, 0.5) is 0 Å². The first-order valence-electron chi connectivity index (χ1n) is 6.54. The molecule has 102 valence electrons. The molecule has 2 heterocycles. The van der Waals surface area contributed by atoms with E-state index < -0.39 is 0 Å². The highest BCUT2D eigenvalue weighted by Crippen LogP contribution is 2.32. The Morgan fingerprint density at radius 2 is 2.11 bits per heavy atom. The largest absolute Gasteiger partial charge is 0.381 e. The Morgan fingerprint density at radius 1 is 1.32 bits per heavy atom. The fraction of sp³-hybridized carbons (Fsp3) is 0.500. The van der Waals surface area contributed by atoms with Crippen LogP contribution in [0.5, 0.6) is 0 Å².